The monoisotopic (exact) mass is 379 g/mol. The molecule has 0 radical (unpaired) electrons. The van der Waals surface area contributed by atoms with Crippen LogP contribution in [-0.4, -0.2) is 8.42 Å². The summed E-state index contributed by atoms with van der Waals surface area (Å²) < 4.78 is 27.3. The Morgan fingerprint density at radius 2 is 1.68 bits per heavy atom. The number of benzene rings is 2. The predicted molar refractivity (Wildman–Crippen MR) is 81.4 cm³/mol. The summed E-state index contributed by atoms with van der Waals surface area (Å²) in [6.07, 6.45) is 0. The number of hydrogen-bond donors (Lipinski definition) is 1. The Morgan fingerprint density at radius 1 is 1.00 bits per heavy atom. The predicted octanol–water partition coefficient (Wildman–Crippen LogP) is 4.56. The van der Waals surface area contributed by atoms with E-state index in [2.05, 4.69) is 20.7 Å². The molecule has 19 heavy (non-hydrogen) atoms. The van der Waals surface area contributed by atoms with Gasteiger partial charge in [0.25, 0.3) is 10.0 Å². The largest absolute Gasteiger partial charge is 0.280 e. The van der Waals surface area contributed by atoms with Crippen molar-refractivity contribution in [3.05, 3.63) is 57.0 Å². The summed E-state index contributed by atoms with van der Waals surface area (Å²) in [7, 11) is -3.67. The van der Waals surface area contributed by atoms with Crippen LogP contribution in [0.25, 0.3) is 0 Å². The van der Waals surface area contributed by atoms with Crippen molar-refractivity contribution in [2.75, 3.05) is 4.72 Å². The second kappa shape index (κ2) is 5.71. The molecule has 1 N–H and O–H groups in total. The molecule has 0 aromatic heterocycles. The first-order valence-corrected chi connectivity index (χ1v) is 8.16. The lowest BCUT2D eigenvalue weighted by Crippen LogP contribution is -2.13. The average Bonchev–Trinajstić information content (AvgIpc) is 2.34. The summed E-state index contributed by atoms with van der Waals surface area (Å²) in [5, 5.41) is 0.652. The van der Waals surface area contributed by atoms with E-state index in [-0.39, 0.29) is 9.92 Å². The highest BCUT2D eigenvalue weighted by Gasteiger charge is 2.17. The Hall–Kier alpha value is -0.750. The van der Waals surface area contributed by atoms with Crippen molar-refractivity contribution >= 4 is 54.8 Å². The van der Waals surface area contributed by atoms with E-state index < -0.39 is 10.0 Å². The van der Waals surface area contributed by atoms with Crippen LogP contribution in [0.1, 0.15) is 0 Å². The van der Waals surface area contributed by atoms with Crippen LogP contribution in [0.5, 0.6) is 0 Å². The second-order valence-electron chi connectivity index (χ2n) is 3.66. The topological polar surface area (TPSA) is 46.2 Å². The van der Waals surface area contributed by atoms with Crippen molar-refractivity contribution in [2.24, 2.45) is 0 Å². The van der Waals surface area contributed by atoms with Crippen molar-refractivity contribution in [1.82, 2.24) is 0 Å². The Labute approximate surface area is 129 Å². The molecule has 7 heteroatoms. The molecule has 0 aliphatic carbocycles. The van der Waals surface area contributed by atoms with Gasteiger partial charge in [0, 0.05) is 4.47 Å². The molecular formula is C12H8BrCl2NO2S. The third-order valence-corrected chi connectivity index (χ3v) is 5.43. The van der Waals surface area contributed by atoms with Gasteiger partial charge in [-0.1, -0.05) is 35.3 Å². The summed E-state index contributed by atoms with van der Waals surface area (Å²) in [6, 6.07) is 11.1. The fraction of sp³-hybridized carbons (Fsp3) is 0. The van der Waals surface area contributed by atoms with Gasteiger partial charge in [-0.2, -0.15) is 0 Å². The zero-order valence-electron chi connectivity index (χ0n) is 9.40. The Morgan fingerprint density at radius 3 is 2.32 bits per heavy atom. The highest BCUT2D eigenvalue weighted by Crippen LogP contribution is 2.28. The van der Waals surface area contributed by atoms with Gasteiger partial charge in [-0.3, -0.25) is 4.72 Å². The number of rotatable bonds is 3. The Balaban J connectivity index is 2.37. The van der Waals surface area contributed by atoms with Gasteiger partial charge >= 0.3 is 0 Å². The second-order valence-corrected chi connectivity index (χ2v) is 6.98. The first-order chi connectivity index (χ1) is 8.90. The van der Waals surface area contributed by atoms with E-state index in [1.807, 2.05) is 0 Å². The number of hydrogen-bond acceptors (Lipinski definition) is 2. The molecule has 0 spiro atoms. The lowest BCUT2D eigenvalue weighted by atomic mass is 10.3. The van der Waals surface area contributed by atoms with E-state index in [9.17, 15) is 8.42 Å². The first kappa shape index (κ1) is 14.7. The van der Waals surface area contributed by atoms with Gasteiger partial charge in [0.05, 0.1) is 15.7 Å². The highest BCUT2D eigenvalue weighted by atomic mass is 79.9. The zero-order valence-corrected chi connectivity index (χ0v) is 13.3. The van der Waals surface area contributed by atoms with Crippen LogP contribution >= 0.6 is 39.1 Å². The van der Waals surface area contributed by atoms with Gasteiger partial charge in [-0.15, -0.1) is 0 Å². The van der Waals surface area contributed by atoms with Crippen LogP contribution < -0.4 is 4.72 Å². The lowest BCUT2D eigenvalue weighted by molar-refractivity contribution is 0.601. The molecule has 0 fully saturated rings. The molecule has 2 aromatic carbocycles. The zero-order chi connectivity index (χ0) is 14.0. The number of anilines is 1. The normalized spacial score (nSPS) is 11.3. The molecule has 0 aliphatic heterocycles. The number of nitrogens with one attached hydrogen (secondary N) is 1. The lowest BCUT2D eigenvalue weighted by Gasteiger charge is -2.10. The van der Waals surface area contributed by atoms with Crippen LogP contribution in [0, 0.1) is 0 Å². The maximum absolute atomic E-state index is 12.2. The van der Waals surface area contributed by atoms with Gasteiger partial charge in [-0.05, 0) is 46.3 Å². The van der Waals surface area contributed by atoms with Crippen molar-refractivity contribution in [3.8, 4) is 0 Å². The van der Waals surface area contributed by atoms with Gasteiger partial charge in [-0.25, -0.2) is 8.42 Å². The SMILES string of the molecule is O=S(=O)(Nc1ccc(Cl)c(Cl)c1)c1ccccc1Br. The number of sulfonamides is 1. The summed E-state index contributed by atoms with van der Waals surface area (Å²) in [6.45, 7) is 0. The van der Waals surface area contributed by atoms with Crippen LogP contribution in [0.15, 0.2) is 51.8 Å². The molecule has 0 heterocycles. The third-order valence-electron chi connectivity index (χ3n) is 2.30. The van der Waals surface area contributed by atoms with Gasteiger partial charge in [0.15, 0.2) is 0 Å². The summed E-state index contributed by atoms with van der Waals surface area (Å²) >= 11 is 14.8. The maximum atomic E-state index is 12.2. The molecule has 2 rings (SSSR count). The van der Waals surface area contributed by atoms with Crippen molar-refractivity contribution in [3.63, 3.8) is 0 Å². The molecule has 0 bridgehead atoms. The quantitative estimate of drug-likeness (QED) is 0.848. The standard InChI is InChI=1S/C12H8BrCl2NO2S/c13-9-3-1-2-4-12(9)19(17,18)16-8-5-6-10(14)11(15)7-8/h1-7,16H. The fourth-order valence-corrected chi connectivity index (χ4v) is 3.78. The van der Waals surface area contributed by atoms with E-state index in [1.165, 1.54) is 18.2 Å². The van der Waals surface area contributed by atoms with E-state index in [0.717, 1.165) is 0 Å². The van der Waals surface area contributed by atoms with E-state index >= 15 is 0 Å². The molecule has 0 unspecified atom stereocenters. The molecule has 3 nitrogen and oxygen atoms in total. The van der Waals surface area contributed by atoms with Crippen LogP contribution in [0.3, 0.4) is 0 Å². The first-order valence-electron chi connectivity index (χ1n) is 5.12. The molecule has 2 aromatic rings. The minimum atomic E-state index is -3.67. The molecule has 100 valence electrons. The Bertz CT molecular complexity index is 719. The average molecular weight is 381 g/mol. The third kappa shape index (κ3) is 3.42. The molecule has 0 aliphatic rings. The summed E-state index contributed by atoms with van der Waals surface area (Å²) in [5.41, 5.74) is 0.352. The van der Waals surface area contributed by atoms with E-state index in [0.29, 0.717) is 15.2 Å². The van der Waals surface area contributed by atoms with Crippen molar-refractivity contribution in [1.29, 1.82) is 0 Å². The molecule has 0 amide bonds. The van der Waals surface area contributed by atoms with Crippen molar-refractivity contribution in [2.45, 2.75) is 4.90 Å². The van der Waals surface area contributed by atoms with Crippen LogP contribution in [0.4, 0.5) is 5.69 Å². The summed E-state index contributed by atoms with van der Waals surface area (Å²) in [4.78, 5) is 0.154. The van der Waals surface area contributed by atoms with Gasteiger partial charge in [0.1, 0.15) is 4.90 Å². The van der Waals surface area contributed by atoms with E-state index in [1.54, 1.807) is 24.3 Å². The van der Waals surface area contributed by atoms with Crippen molar-refractivity contribution < 1.29 is 8.42 Å². The fourth-order valence-electron chi connectivity index (χ4n) is 1.43. The van der Waals surface area contributed by atoms with Gasteiger partial charge < -0.3 is 0 Å². The van der Waals surface area contributed by atoms with Crippen LogP contribution in [-0.2, 0) is 10.0 Å². The van der Waals surface area contributed by atoms with E-state index in [4.69, 9.17) is 23.2 Å². The smallest absolute Gasteiger partial charge is 0.263 e. The minimum absolute atomic E-state index is 0.154. The Kier molecular flexibility index (Phi) is 4.40. The van der Waals surface area contributed by atoms with Gasteiger partial charge in [0.2, 0.25) is 0 Å². The molecule has 0 saturated carbocycles. The molecule has 0 atom stereocenters. The molecule has 0 saturated heterocycles. The maximum Gasteiger partial charge on any atom is 0.263 e. The summed E-state index contributed by atoms with van der Waals surface area (Å²) in [5.74, 6) is 0. The molecular weight excluding hydrogens is 373 g/mol. The minimum Gasteiger partial charge on any atom is -0.280 e. The number of halogens is 3. The highest BCUT2D eigenvalue weighted by molar-refractivity contribution is 9.10. The van der Waals surface area contributed by atoms with Crippen LogP contribution in [0.2, 0.25) is 10.0 Å².